The number of rotatable bonds is 2. The van der Waals surface area contributed by atoms with Gasteiger partial charge in [-0.05, 0) is 46.8 Å². The van der Waals surface area contributed by atoms with Gasteiger partial charge < -0.3 is 11.5 Å². The third-order valence-electron chi connectivity index (χ3n) is 4.60. The van der Waals surface area contributed by atoms with Crippen molar-refractivity contribution in [3.63, 3.8) is 0 Å². The summed E-state index contributed by atoms with van der Waals surface area (Å²) in [6, 6.07) is 0. The smallest absolute Gasteiger partial charge is 0.0410 e. The van der Waals surface area contributed by atoms with Crippen LogP contribution < -0.4 is 11.5 Å². The van der Waals surface area contributed by atoms with Gasteiger partial charge in [-0.2, -0.15) is 0 Å². The molecule has 0 radical (unpaired) electrons. The van der Waals surface area contributed by atoms with Crippen LogP contribution in [0.25, 0.3) is 0 Å². The molecule has 2 rings (SSSR count). The van der Waals surface area contributed by atoms with E-state index in [1.165, 1.54) is 23.1 Å². The lowest BCUT2D eigenvalue weighted by Crippen LogP contribution is -2.18. The van der Waals surface area contributed by atoms with Crippen molar-refractivity contribution in [1.82, 2.24) is 0 Å². The first kappa shape index (κ1) is 14.2. The Kier molecular flexibility index (Phi) is 3.32. The fourth-order valence-electron chi connectivity index (χ4n) is 3.76. The molecular formula is C17H28N2. The molecule has 0 bridgehead atoms. The number of anilines is 2. The van der Waals surface area contributed by atoms with Gasteiger partial charge in [0.05, 0.1) is 0 Å². The molecule has 0 unspecified atom stereocenters. The molecule has 0 amide bonds. The normalized spacial score (nSPS) is 17.3. The van der Waals surface area contributed by atoms with Gasteiger partial charge in [-0.25, -0.2) is 0 Å². The molecule has 0 aromatic heterocycles. The van der Waals surface area contributed by atoms with Crippen LogP contribution >= 0.6 is 0 Å². The summed E-state index contributed by atoms with van der Waals surface area (Å²) in [5, 5.41) is 0. The maximum absolute atomic E-state index is 6.50. The highest BCUT2D eigenvalue weighted by Crippen LogP contribution is 2.50. The van der Waals surface area contributed by atoms with Gasteiger partial charge in [-0.15, -0.1) is 0 Å². The third kappa shape index (κ3) is 2.01. The molecule has 0 fully saturated rings. The molecule has 0 aliphatic heterocycles. The minimum atomic E-state index is 0.181. The molecule has 1 aliphatic carbocycles. The molecular weight excluding hydrogens is 232 g/mol. The maximum atomic E-state index is 6.50. The van der Waals surface area contributed by atoms with Gasteiger partial charge in [0.2, 0.25) is 0 Å². The van der Waals surface area contributed by atoms with Crippen molar-refractivity contribution in [2.24, 2.45) is 0 Å². The van der Waals surface area contributed by atoms with Crippen LogP contribution in [0.4, 0.5) is 11.4 Å². The molecule has 2 heteroatoms. The van der Waals surface area contributed by atoms with Crippen LogP contribution in [-0.2, 0) is 11.8 Å². The molecule has 4 N–H and O–H groups in total. The standard InChI is InChI=1S/C17H28N2/c1-9(2)12-11-7-8-17(5,6)14(11)16(19)13(10(3)4)15(12)18/h9-10H,7-8,18-19H2,1-6H3. The van der Waals surface area contributed by atoms with E-state index >= 15 is 0 Å². The summed E-state index contributed by atoms with van der Waals surface area (Å²) >= 11 is 0. The Morgan fingerprint density at radius 1 is 0.895 bits per heavy atom. The predicted octanol–water partition coefficient (Wildman–Crippen LogP) is 4.32. The molecule has 0 saturated heterocycles. The average molecular weight is 260 g/mol. The number of hydrogen-bond donors (Lipinski definition) is 2. The summed E-state index contributed by atoms with van der Waals surface area (Å²) in [5.41, 5.74) is 20.4. The Labute approximate surface area is 117 Å². The summed E-state index contributed by atoms with van der Waals surface area (Å²) < 4.78 is 0. The summed E-state index contributed by atoms with van der Waals surface area (Å²) in [6.07, 6.45) is 2.29. The fraction of sp³-hybridized carbons (Fsp3) is 0.647. The fourth-order valence-corrected chi connectivity index (χ4v) is 3.76. The van der Waals surface area contributed by atoms with Crippen molar-refractivity contribution in [2.45, 2.75) is 71.6 Å². The van der Waals surface area contributed by atoms with Gasteiger partial charge in [0, 0.05) is 16.9 Å². The van der Waals surface area contributed by atoms with Crippen LogP contribution in [0.15, 0.2) is 0 Å². The number of nitrogens with two attached hydrogens (primary N) is 2. The molecule has 19 heavy (non-hydrogen) atoms. The van der Waals surface area contributed by atoms with Gasteiger partial charge in [0.15, 0.2) is 0 Å². The van der Waals surface area contributed by atoms with Crippen molar-refractivity contribution in [3.8, 4) is 0 Å². The number of nitrogen functional groups attached to an aromatic ring is 2. The number of fused-ring (bicyclic) bond motifs is 1. The van der Waals surface area contributed by atoms with E-state index < -0.39 is 0 Å². The molecule has 0 spiro atoms. The summed E-state index contributed by atoms with van der Waals surface area (Å²) in [6.45, 7) is 13.4. The van der Waals surface area contributed by atoms with E-state index in [-0.39, 0.29) is 5.41 Å². The molecule has 1 aromatic carbocycles. The second-order valence-corrected chi connectivity index (χ2v) is 7.20. The van der Waals surface area contributed by atoms with Crippen molar-refractivity contribution >= 4 is 11.4 Å². The highest BCUT2D eigenvalue weighted by Gasteiger charge is 2.36. The minimum Gasteiger partial charge on any atom is -0.398 e. The van der Waals surface area contributed by atoms with E-state index in [9.17, 15) is 0 Å². The van der Waals surface area contributed by atoms with Crippen molar-refractivity contribution < 1.29 is 0 Å². The Balaban J connectivity index is 2.86. The van der Waals surface area contributed by atoms with E-state index in [2.05, 4.69) is 41.5 Å². The quantitative estimate of drug-likeness (QED) is 0.778. The molecule has 106 valence electrons. The van der Waals surface area contributed by atoms with Crippen LogP contribution in [0.3, 0.4) is 0 Å². The SMILES string of the molecule is CC(C)c1c(N)c(C(C)C)c2c(c1N)C(C)(C)CC2. The number of hydrogen-bond acceptors (Lipinski definition) is 2. The Hall–Kier alpha value is -1.18. The highest BCUT2D eigenvalue weighted by atomic mass is 14.7. The van der Waals surface area contributed by atoms with Gasteiger partial charge in [0.1, 0.15) is 0 Å². The van der Waals surface area contributed by atoms with Gasteiger partial charge in [0.25, 0.3) is 0 Å². The Morgan fingerprint density at radius 2 is 1.42 bits per heavy atom. The lowest BCUT2D eigenvalue weighted by molar-refractivity contribution is 0.523. The first-order chi connectivity index (χ1) is 8.68. The zero-order chi connectivity index (χ0) is 14.5. The van der Waals surface area contributed by atoms with Crippen LogP contribution in [-0.4, -0.2) is 0 Å². The topological polar surface area (TPSA) is 52.0 Å². The van der Waals surface area contributed by atoms with Crippen LogP contribution in [0.5, 0.6) is 0 Å². The molecule has 0 heterocycles. The van der Waals surface area contributed by atoms with E-state index in [1.54, 1.807) is 0 Å². The van der Waals surface area contributed by atoms with E-state index in [4.69, 9.17) is 11.5 Å². The maximum Gasteiger partial charge on any atom is 0.0410 e. The van der Waals surface area contributed by atoms with E-state index in [0.29, 0.717) is 11.8 Å². The molecule has 0 saturated carbocycles. The first-order valence-corrected chi connectivity index (χ1v) is 7.42. The molecule has 1 aliphatic rings. The lowest BCUT2D eigenvalue weighted by Gasteiger charge is -2.28. The van der Waals surface area contributed by atoms with Gasteiger partial charge in [-0.3, -0.25) is 0 Å². The van der Waals surface area contributed by atoms with Crippen molar-refractivity contribution in [2.75, 3.05) is 11.5 Å². The second kappa shape index (κ2) is 4.43. The predicted molar refractivity (Wildman–Crippen MR) is 84.8 cm³/mol. The van der Waals surface area contributed by atoms with E-state index in [1.807, 2.05) is 0 Å². The Bertz CT molecular complexity index is 511. The van der Waals surface area contributed by atoms with Crippen LogP contribution in [0.2, 0.25) is 0 Å². The Morgan fingerprint density at radius 3 is 1.89 bits per heavy atom. The summed E-state index contributed by atoms with van der Waals surface area (Å²) in [5.74, 6) is 0.833. The van der Waals surface area contributed by atoms with Crippen LogP contribution in [0.1, 0.15) is 82.1 Å². The van der Waals surface area contributed by atoms with Crippen molar-refractivity contribution in [1.29, 1.82) is 0 Å². The molecule has 2 nitrogen and oxygen atoms in total. The molecule has 0 atom stereocenters. The molecule has 1 aromatic rings. The monoisotopic (exact) mass is 260 g/mol. The summed E-state index contributed by atoms with van der Waals surface area (Å²) in [7, 11) is 0. The zero-order valence-electron chi connectivity index (χ0n) is 13.2. The highest BCUT2D eigenvalue weighted by molar-refractivity contribution is 5.76. The average Bonchev–Trinajstić information content (AvgIpc) is 2.53. The van der Waals surface area contributed by atoms with E-state index in [0.717, 1.165) is 23.4 Å². The second-order valence-electron chi connectivity index (χ2n) is 7.20. The van der Waals surface area contributed by atoms with Crippen molar-refractivity contribution in [3.05, 3.63) is 22.3 Å². The summed E-state index contributed by atoms with van der Waals surface area (Å²) in [4.78, 5) is 0. The zero-order valence-corrected chi connectivity index (χ0v) is 13.2. The van der Waals surface area contributed by atoms with Gasteiger partial charge >= 0.3 is 0 Å². The number of benzene rings is 1. The third-order valence-corrected chi connectivity index (χ3v) is 4.60. The van der Waals surface area contributed by atoms with Gasteiger partial charge in [-0.1, -0.05) is 41.5 Å². The lowest BCUT2D eigenvalue weighted by atomic mass is 9.79. The first-order valence-electron chi connectivity index (χ1n) is 7.42. The minimum absolute atomic E-state index is 0.181. The largest absolute Gasteiger partial charge is 0.398 e. The van der Waals surface area contributed by atoms with Crippen LogP contribution in [0, 0.1) is 0 Å².